The maximum atomic E-state index is 12.8. The van der Waals surface area contributed by atoms with Gasteiger partial charge in [0.15, 0.2) is 18.1 Å². The fourth-order valence-corrected chi connectivity index (χ4v) is 6.11. The molecule has 1 aliphatic rings. The second-order valence-electron chi connectivity index (χ2n) is 11.9. The molecule has 6 nitrogen and oxygen atoms in total. The Morgan fingerprint density at radius 1 is 0.935 bits per heavy atom. The predicted octanol–water partition coefficient (Wildman–Crippen LogP) is 8.14. The van der Waals surface area contributed by atoms with Crippen LogP contribution in [0.25, 0.3) is 0 Å². The van der Waals surface area contributed by atoms with E-state index in [1.54, 1.807) is 18.2 Å². The van der Waals surface area contributed by atoms with Gasteiger partial charge in [-0.25, -0.2) is 0 Å². The molecule has 0 unspecified atom stereocenters. The molecule has 0 spiro atoms. The van der Waals surface area contributed by atoms with Crippen LogP contribution in [0.15, 0.2) is 66.7 Å². The molecule has 0 radical (unpaired) electrons. The van der Waals surface area contributed by atoms with E-state index in [-0.39, 0.29) is 30.2 Å². The van der Waals surface area contributed by atoms with Gasteiger partial charge >= 0.3 is 6.18 Å². The highest BCUT2D eigenvalue weighted by Crippen LogP contribution is 2.34. The SMILES string of the molecule is CCCCOCCCN1CCc2cc(C[C@@H](C)N(CCOc3ccccc3OCC(F)(F)F)[C@H](C)c3ccccc3)cc(C#N)c21. The normalized spacial score (nSPS) is 14.2. The van der Waals surface area contributed by atoms with Gasteiger partial charge in [-0.2, -0.15) is 18.4 Å². The average Bonchev–Trinajstić information content (AvgIpc) is 3.46. The highest BCUT2D eigenvalue weighted by Gasteiger charge is 2.29. The summed E-state index contributed by atoms with van der Waals surface area (Å²) >= 11 is 0. The van der Waals surface area contributed by atoms with E-state index >= 15 is 0 Å². The summed E-state index contributed by atoms with van der Waals surface area (Å²) in [5, 5.41) is 10.1. The van der Waals surface area contributed by atoms with Gasteiger partial charge in [0.2, 0.25) is 0 Å². The summed E-state index contributed by atoms with van der Waals surface area (Å²) in [5.41, 5.74) is 5.26. The van der Waals surface area contributed by atoms with Crippen molar-refractivity contribution in [3.63, 3.8) is 0 Å². The second kappa shape index (κ2) is 17.3. The highest BCUT2D eigenvalue weighted by atomic mass is 19.4. The second-order valence-corrected chi connectivity index (χ2v) is 11.9. The van der Waals surface area contributed by atoms with Gasteiger partial charge in [0, 0.05) is 44.9 Å². The van der Waals surface area contributed by atoms with Crippen molar-refractivity contribution in [2.75, 3.05) is 51.0 Å². The smallest absolute Gasteiger partial charge is 0.422 e. The van der Waals surface area contributed by atoms with Crippen LogP contribution in [0.4, 0.5) is 18.9 Å². The quantitative estimate of drug-likeness (QED) is 0.131. The molecule has 0 fully saturated rings. The van der Waals surface area contributed by atoms with Crippen molar-refractivity contribution in [1.82, 2.24) is 4.90 Å². The third-order valence-electron chi connectivity index (χ3n) is 8.42. The van der Waals surface area contributed by atoms with Gasteiger partial charge in [0.1, 0.15) is 12.7 Å². The topological polar surface area (TPSA) is 58.0 Å². The lowest BCUT2D eigenvalue weighted by molar-refractivity contribution is -0.153. The Balaban J connectivity index is 1.45. The molecule has 0 amide bonds. The lowest BCUT2D eigenvalue weighted by atomic mass is 9.97. The Labute approximate surface area is 271 Å². The monoisotopic (exact) mass is 637 g/mol. The third kappa shape index (κ3) is 10.1. The number of para-hydroxylation sites is 2. The molecule has 46 heavy (non-hydrogen) atoms. The molecule has 0 N–H and O–H groups in total. The predicted molar refractivity (Wildman–Crippen MR) is 176 cm³/mol. The van der Waals surface area contributed by atoms with Crippen molar-refractivity contribution >= 4 is 5.69 Å². The molecule has 1 aliphatic heterocycles. The molecule has 3 aromatic rings. The van der Waals surface area contributed by atoms with Crippen LogP contribution in [0, 0.1) is 11.3 Å². The Hall–Kier alpha value is -3.74. The first-order valence-electron chi connectivity index (χ1n) is 16.3. The third-order valence-corrected chi connectivity index (χ3v) is 8.42. The van der Waals surface area contributed by atoms with E-state index < -0.39 is 12.8 Å². The summed E-state index contributed by atoms with van der Waals surface area (Å²) in [6, 6.07) is 23.5. The van der Waals surface area contributed by atoms with Gasteiger partial charge in [-0.3, -0.25) is 4.90 Å². The number of hydrogen-bond donors (Lipinski definition) is 0. The Bertz CT molecular complexity index is 1410. The molecule has 0 saturated heterocycles. The Morgan fingerprint density at radius 3 is 2.33 bits per heavy atom. The summed E-state index contributed by atoms with van der Waals surface area (Å²) in [7, 11) is 0. The van der Waals surface area contributed by atoms with Crippen molar-refractivity contribution in [3.8, 4) is 17.6 Å². The van der Waals surface area contributed by atoms with Gasteiger partial charge < -0.3 is 19.1 Å². The Kier molecular flexibility index (Phi) is 13.2. The van der Waals surface area contributed by atoms with Crippen molar-refractivity contribution < 1.29 is 27.4 Å². The molecule has 9 heteroatoms. The summed E-state index contributed by atoms with van der Waals surface area (Å²) in [6.07, 6.45) is 0.345. The number of anilines is 1. The molecule has 0 saturated carbocycles. The fraction of sp³-hybridized carbons (Fsp3) is 0.486. The number of ether oxygens (including phenoxy) is 3. The summed E-state index contributed by atoms with van der Waals surface area (Å²) < 4.78 is 55.1. The van der Waals surface area contributed by atoms with Crippen LogP contribution < -0.4 is 14.4 Å². The number of hydrogen-bond acceptors (Lipinski definition) is 6. The average molecular weight is 638 g/mol. The van der Waals surface area contributed by atoms with E-state index in [9.17, 15) is 18.4 Å². The van der Waals surface area contributed by atoms with Crippen LogP contribution in [0.1, 0.15) is 68.3 Å². The zero-order valence-corrected chi connectivity index (χ0v) is 27.2. The van der Waals surface area contributed by atoms with Crippen molar-refractivity contribution in [2.45, 2.75) is 71.1 Å². The molecule has 0 aromatic heterocycles. The first-order chi connectivity index (χ1) is 22.2. The zero-order valence-electron chi connectivity index (χ0n) is 27.2. The maximum absolute atomic E-state index is 12.8. The van der Waals surface area contributed by atoms with Gasteiger partial charge in [0.25, 0.3) is 0 Å². The van der Waals surface area contributed by atoms with E-state index in [2.05, 4.69) is 54.8 Å². The number of fused-ring (bicyclic) bond motifs is 1. The minimum Gasteiger partial charge on any atom is -0.488 e. The number of rotatable bonds is 18. The number of alkyl halides is 3. The number of nitriles is 1. The molecular weight excluding hydrogens is 591 g/mol. The van der Waals surface area contributed by atoms with E-state index in [1.165, 1.54) is 11.6 Å². The Morgan fingerprint density at radius 2 is 1.63 bits per heavy atom. The molecule has 2 atom stereocenters. The van der Waals surface area contributed by atoms with Gasteiger partial charge in [-0.15, -0.1) is 0 Å². The molecule has 1 heterocycles. The van der Waals surface area contributed by atoms with Crippen LogP contribution in [0.3, 0.4) is 0 Å². The van der Waals surface area contributed by atoms with Gasteiger partial charge in [0.05, 0.1) is 11.3 Å². The number of unbranched alkanes of at least 4 members (excludes halogenated alkanes) is 1. The first kappa shape index (κ1) is 35.1. The minimum absolute atomic E-state index is 0.0522. The van der Waals surface area contributed by atoms with E-state index in [0.29, 0.717) is 12.1 Å². The van der Waals surface area contributed by atoms with E-state index in [1.807, 2.05) is 24.3 Å². The fourth-order valence-electron chi connectivity index (χ4n) is 6.11. The lowest BCUT2D eigenvalue weighted by Gasteiger charge is -2.35. The standard InChI is InChI=1S/C37H46F3N3O3/c1-4-5-20-44-21-11-17-42-18-16-32-24-30(25-33(26-41)36(32)42)23-28(2)43(29(3)31-12-7-6-8-13-31)19-22-45-34-14-9-10-15-35(34)46-27-37(38,39)40/h6-10,12-15,24-25,28-29H,4-5,11,16-23,27H2,1-3H3/t28-,29-/m1/s1. The molecule has 248 valence electrons. The number of benzene rings is 3. The van der Waals surface area contributed by atoms with Crippen LogP contribution in [0.2, 0.25) is 0 Å². The molecule has 4 rings (SSSR count). The van der Waals surface area contributed by atoms with E-state index in [4.69, 9.17) is 14.2 Å². The van der Waals surface area contributed by atoms with Crippen LogP contribution in [-0.2, 0) is 17.6 Å². The molecule has 0 aliphatic carbocycles. The number of halogens is 3. The molecule has 3 aromatic carbocycles. The largest absolute Gasteiger partial charge is 0.488 e. The van der Waals surface area contributed by atoms with Crippen LogP contribution in [0.5, 0.6) is 11.5 Å². The molecular formula is C37H46F3N3O3. The zero-order chi connectivity index (χ0) is 32.9. The minimum atomic E-state index is -4.44. The highest BCUT2D eigenvalue weighted by molar-refractivity contribution is 5.68. The number of nitrogens with zero attached hydrogens (tertiary/aromatic N) is 3. The summed E-state index contributed by atoms with van der Waals surface area (Å²) in [6.45, 7) is 9.21. The van der Waals surface area contributed by atoms with Crippen LogP contribution in [-0.4, -0.2) is 63.2 Å². The van der Waals surface area contributed by atoms with Crippen molar-refractivity contribution in [1.29, 1.82) is 5.26 Å². The first-order valence-corrected chi connectivity index (χ1v) is 16.3. The van der Waals surface area contributed by atoms with Gasteiger partial charge in [-0.05, 0) is 74.4 Å². The molecule has 0 bridgehead atoms. The van der Waals surface area contributed by atoms with Crippen LogP contribution >= 0.6 is 0 Å². The van der Waals surface area contributed by atoms with Gasteiger partial charge in [-0.1, -0.05) is 61.9 Å². The lowest BCUT2D eigenvalue weighted by Crippen LogP contribution is -2.39. The maximum Gasteiger partial charge on any atom is 0.422 e. The van der Waals surface area contributed by atoms with E-state index in [0.717, 1.165) is 75.2 Å². The summed E-state index contributed by atoms with van der Waals surface area (Å²) in [4.78, 5) is 4.67. The van der Waals surface area contributed by atoms with Crippen molar-refractivity contribution in [2.24, 2.45) is 0 Å². The van der Waals surface area contributed by atoms with Crippen molar-refractivity contribution in [3.05, 3.63) is 89.0 Å². The summed E-state index contributed by atoms with van der Waals surface area (Å²) in [5.74, 6) is 0.344.